The zero-order valence-corrected chi connectivity index (χ0v) is 17.3. The molecule has 1 saturated carbocycles. The maximum Gasteiger partial charge on any atom is 0.235 e. The molecular weight excluding hydrogens is 403 g/mol. The van der Waals surface area contributed by atoms with Crippen LogP contribution < -0.4 is 5.32 Å². The highest BCUT2D eigenvalue weighted by atomic mass is 32.2. The van der Waals surface area contributed by atoms with Crippen LogP contribution in [0.1, 0.15) is 31.7 Å². The lowest BCUT2D eigenvalue weighted by molar-refractivity contribution is -0.113. The van der Waals surface area contributed by atoms with Gasteiger partial charge in [-0.3, -0.25) is 9.36 Å². The van der Waals surface area contributed by atoms with Crippen LogP contribution in [0.25, 0.3) is 11.4 Å². The lowest BCUT2D eigenvalue weighted by Crippen LogP contribution is -2.19. The Morgan fingerprint density at radius 1 is 1.27 bits per heavy atom. The molecule has 0 aliphatic heterocycles. The van der Waals surface area contributed by atoms with E-state index in [0.717, 1.165) is 12.8 Å². The van der Waals surface area contributed by atoms with Crippen molar-refractivity contribution in [1.82, 2.24) is 24.5 Å². The van der Waals surface area contributed by atoms with E-state index in [0.29, 0.717) is 34.9 Å². The van der Waals surface area contributed by atoms with E-state index < -0.39 is 0 Å². The number of thioether (sulfide) groups is 1. The lowest BCUT2D eigenvalue weighted by Gasteiger charge is -2.14. The van der Waals surface area contributed by atoms with Gasteiger partial charge in [0.15, 0.2) is 11.0 Å². The van der Waals surface area contributed by atoms with Crippen molar-refractivity contribution >= 4 is 23.5 Å². The number of amides is 1. The van der Waals surface area contributed by atoms with Gasteiger partial charge in [0.2, 0.25) is 5.91 Å². The molecule has 0 atom stereocenters. The molecule has 2 aromatic heterocycles. The minimum Gasteiger partial charge on any atom is -0.310 e. The molecule has 1 amide bonds. The molecular formula is C21H23FN6OS. The number of nitrogens with one attached hydrogen (secondary N) is 1. The summed E-state index contributed by atoms with van der Waals surface area (Å²) in [6.07, 6.45) is 7.96. The van der Waals surface area contributed by atoms with E-state index in [1.165, 1.54) is 30.7 Å². The maximum absolute atomic E-state index is 14.2. The number of carbonyl (C=O) groups excluding carboxylic acids is 1. The average Bonchev–Trinajstić information content (AvgIpc) is 3.48. The lowest BCUT2D eigenvalue weighted by atomic mass is 10.2. The molecule has 0 spiro atoms. The summed E-state index contributed by atoms with van der Waals surface area (Å²) in [7, 11) is 0. The molecule has 0 unspecified atom stereocenters. The summed E-state index contributed by atoms with van der Waals surface area (Å²) in [5.41, 5.74) is 0.364. The molecule has 1 aromatic carbocycles. The van der Waals surface area contributed by atoms with Crippen LogP contribution in [-0.4, -0.2) is 36.2 Å². The van der Waals surface area contributed by atoms with E-state index in [2.05, 4.69) is 27.2 Å². The number of allylic oxidation sites excluding steroid dienone is 1. The number of benzene rings is 1. The van der Waals surface area contributed by atoms with Crippen LogP contribution in [0.3, 0.4) is 0 Å². The van der Waals surface area contributed by atoms with E-state index in [1.54, 1.807) is 35.0 Å². The fourth-order valence-electron chi connectivity index (χ4n) is 3.69. The third kappa shape index (κ3) is 4.30. The molecule has 30 heavy (non-hydrogen) atoms. The number of rotatable bonds is 8. The van der Waals surface area contributed by atoms with E-state index in [-0.39, 0.29) is 17.5 Å². The zero-order valence-electron chi connectivity index (χ0n) is 16.5. The van der Waals surface area contributed by atoms with Crippen LogP contribution in [-0.2, 0) is 11.3 Å². The highest BCUT2D eigenvalue weighted by Gasteiger charge is 2.21. The maximum atomic E-state index is 14.2. The molecule has 9 heteroatoms. The SMILES string of the molecule is C=CCn1c(SCC(=O)Nc2ccnn2C2CCCC2)nnc1-c1ccccc1F. The van der Waals surface area contributed by atoms with E-state index >= 15 is 0 Å². The Morgan fingerprint density at radius 2 is 2.07 bits per heavy atom. The Bertz CT molecular complexity index is 1040. The number of aromatic nitrogens is 5. The zero-order chi connectivity index (χ0) is 20.9. The molecule has 1 fully saturated rings. The topological polar surface area (TPSA) is 77.6 Å². The van der Waals surface area contributed by atoms with Crippen LogP contribution in [0, 0.1) is 5.82 Å². The normalized spacial score (nSPS) is 14.2. The van der Waals surface area contributed by atoms with Crippen molar-refractivity contribution in [3.8, 4) is 11.4 Å². The molecule has 2 heterocycles. The molecule has 156 valence electrons. The van der Waals surface area contributed by atoms with Gasteiger partial charge in [-0.05, 0) is 25.0 Å². The number of hydrogen-bond donors (Lipinski definition) is 1. The Kier molecular flexibility index (Phi) is 6.27. The van der Waals surface area contributed by atoms with Crippen LogP contribution >= 0.6 is 11.8 Å². The minimum atomic E-state index is -0.371. The fourth-order valence-corrected chi connectivity index (χ4v) is 4.44. The van der Waals surface area contributed by atoms with Crippen molar-refractivity contribution in [2.24, 2.45) is 0 Å². The number of carbonyl (C=O) groups is 1. The first-order valence-electron chi connectivity index (χ1n) is 9.92. The first-order chi connectivity index (χ1) is 14.7. The molecule has 0 radical (unpaired) electrons. The van der Waals surface area contributed by atoms with Crippen molar-refractivity contribution in [2.75, 3.05) is 11.1 Å². The third-order valence-electron chi connectivity index (χ3n) is 5.08. The van der Waals surface area contributed by atoms with E-state index in [4.69, 9.17) is 0 Å². The fraction of sp³-hybridized carbons (Fsp3) is 0.333. The highest BCUT2D eigenvalue weighted by molar-refractivity contribution is 7.99. The summed E-state index contributed by atoms with van der Waals surface area (Å²) in [6.45, 7) is 4.17. The average molecular weight is 427 g/mol. The Labute approximate surface area is 178 Å². The number of hydrogen-bond acceptors (Lipinski definition) is 5. The summed E-state index contributed by atoms with van der Waals surface area (Å²) >= 11 is 1.25. The van der Waals surface area contributed by atoms with Gasteiger partial charge >= 0.3 is 0 Å². The Hall–Kier alpha value is -2.94. The van der Waals surface area contributed by atoms with Gasteiger partial charge in [0.05, 0.1) is 23.6 Å². The van der Waals surface area contributed by atoms with Gasteiger partial charge in [0.1, 0.15) is 11.6 Å². The van der Waals surface area contributed by atoms with Gasteiger partial charge < -0.3 is 5.32 Å². The molecule has 4 rings (SSSR count). The quantitative estimate of drug-likeness (QED) is 0.429. The molecule has 3 aromatic rings. The molecule has 7 nitrogen and oxygen atoms in total. The predicted octanol–water partition coefficient (Wildman–Crippen LogP) is 4.31. The first kappa shape index (κ1) is 20.3. The summed E-state index contributed by atoms with van der Waals surface area (Å²) in [6, 6.07) is 8.59. The third-order valence-corrected chi connectivity index (χ3v) is 6.05. The van der Waals surface area contributed by atoms with Gasteiger partial charge in [0, 0.05) is 12.6 Å². The summed E-state index contributed by atoms with van der Waals surface area (Å²) in [5.74, 6) is 0.759. The summed E-state index contributed by atoms with van der Waals surface area (Å²) in [5, 5.41) is 16.2. The number of halogens is 1. The van der Waals surface area contributed by atoms with Gasteiger partial charge in [-0.25, -0.2) is 9.07 Å². The number of anilines is 1. The van der Waals surface area contributed by atoms with Gasteiger partial charge in [-0.1, -0.05) is 42.8 Å². The summed E-state index contributed by atoms with van der Waals surface area (Å²) in [4.78, 5) is 12.5. The standard InChI is InChI=1S/C21H23FN6OS/c1-2-13-27-20(16-9-5-6-10-17(16)22)25-26-21(27)30-14-19(29)24-18-11-12-23-28(18)15-7-3-4-8-15/h2,5-6,9-12,15H,1,3-4,7-8,13-14H2,(H,24,29). The second-order valence-electron chi connectivity index (χ2n) is 7.12. The van der Waals surface area contributed by atoms with Crippen LogP contribution in [0.5, 0.6) is 0 Å². The van der Waals surface area contributed by atoms with Crippen LogP contribution in [0.15, 0.2) is 54.3 Å². The molecule has 1 N–H and O–H groups in total. The van der Waals surface area contributed by atoms with E-state index in [9.17, 15) is 9.18 Å². The predicted molar refractivity (Wildman–Crippen MR) is 115 cm³/mol. The second-order valence-corrected chi connectivity index (χ2v) is 8.06. The van der Waals surface area contributed by atoms with Gasteiger partial charge in [-0.15, -0.1) is 16.8 Å². The van der Waals surface area contributed by atoms with Gasteiger partial charge in [0.25, 0.3) is 0 Å². The first-order valence-corrected chi connectivity index (χ1v) is 10.9. The van der Waals surface area contributed by atoms with Crippen molar-refractivity contribution in [2.45, 2.75) is 43.4 Å². The number of nitrogens with zero attached hydrogens (tertiary/aromatic N) is 5. The molecule has 1 aliphatic rings. The molecule has 0 bridgehead atoms. The highest BCUT2D eigenvalue weighted by Crippen LogP contribution is 2.31. The van der Waals surface area contributed by atoms with E-state index in [1.807, 2.05) is 10.7 Å². The Balaban J connectivity index is 1.45. The minimum absolute atomic E-state index is 0.152. The van der Waals surface area contributed by atoms with Crippen molar-refractivity contribution in [3.05, 3.63) is 55.0 Å². The molecule has 1 aliphatic carbocycles. The molecule has 0 saturated heterocycles. The van der Waals surface area contributed by atoms with Crippen molar-refractivity contribution in [3.63, 3.8) is 0 Å². The van der Waals surface area contributed by atoms with Crippen molar-refractivity contribution < 1.29 is 9.18 Å². The second kappa shape index (κ2) is 9.25. The monoisotopic (exact) mass is 426 g/mol. The van der Waals surface area contributed by atoms with Gasteiger partial charge in [-0.2, -0.15) is 5.10 Å². The summed E-state index contributed by atoms with van der Waals surface area (Å²) < 4.78 is 17.9. The van der Waals surface area contributed by atoms with Crippen LogP contribution in [0.4, 0.5) is 10.2 Å². The smallest absolute Gasteiger partial charge is 0.235 e. The Morgan fingerprint density at radius 3 is 2.83 bits per heavy atom. The van der Waals surface area contributed by atoms with Crippen LogP contribution in [0.2, 0.25) is 0 Å². The van der Waals surface area contributed by atoms with Crippen molar-refractivity contribution in [1.29, 1.82) is 0 Å². The largest absolute Gasteiger partial charge is 0.310 e.